The van der Waals surface area contributed by atoms with Crippen molar-refractivity contribution in [2.75, 3.05) is 12.4 Å². The van der Waals surface area contributed by atoms with Crippen LogP contribution in [-0.4, -0.2) is 17.5 Å². The minimum atomic E-state index is 0. The Labute approximate surface area is 118 Å². The first-order chi connectivity index (χ1) is 7.84. The number of rotatable bonds is 4. The molecule has 0 aliphatic heterocycles. The SMILES string of the molecule is C[C@H](SCCO)[c-]1cccc1.[Fe+2].c1cc[cH-]c1. The Morgan fingerprint density at radius 2 is 1.76 bits per heavy atom. The Balaban J connectivity index is 0.000000360. The van der Waals surface area contributed by atoms with Crippen molar-refractivity contribution < 1.29 is 22.2 Å². The molecule has 0 radical (unpaired) electrons. The van der Waals surface area contributed by atoms with Crippen LogP contribution in [0.5, 0.6) is 0 Å². The molecule has 0 spiro atoms. The van der Waals surface area contributed by atoms with Gasteiger partial charge in [0, 0.05) is 5.75 Å². The summed E-state index contributed by atoms with van der Waals surface area (Å²) in [4.78, 5) is 0. The Morgan fingerprint density at radius 1 is 1.18 bits per heavy atom. The summed E-state index contributed by atoms with van der Waals surface area (Å²) in [6, 6.07) is 18.3. The molecule has 0 aliphatic rings. The number of aliphatic hydroxyl groups excluding tert-OH is 1. The van der Waals surface area contributed by atoms with Crippen molar-refractivity contribution in [1.29, 1.82) is 0 Å². The van der Waals surface area contributed by atoms with Gasteiger partial charge in [-0.15, -0.1) is 5.56 Å². The fourth-order valence-electron chi connectivity index (χ4n) is 1.31. The molecule has 2 rings (SSSR count). The van der Waals surface area contributed by atoms with Gasteiger partial charge < -0.3 is 5.11 Å². The number of hydrogen-bond donors (Lipinski definition) is 1. The normalized spacial score (nSPS) is 10.9. The molecule has 0 aromatic heterocycles. The molecular weight excluding hydrogens is 272 g/mol. The molecule has 0 aliphatic carbocycles. The number of aliphatic hydroxyl groups is 1. The van der Waals surface area contributed by atoms with Gasteiger partial charge >= 0.3 is 17.1 Å². The molecule has 2 aromatic rings. The third-order valence-electron chi connectivity index (χ3n) is 2.17. The van der Waals surface area contributed by atoms with Crippen molar-refractivity contribution >= 4 is 11.8 Å². The minimum absolute atomic E-state index is 0. The van der Waals surface area contributed by atoms with Gasteiger partial charge in [0.15, 0.2) is 0 Å². The zero-order valence-corrected chi connectivity index (χ0v) is 11.8. The maximum Gasteiger partial charge on any atom is 2.00 e. The Hall–Kier alpha value is -0.471. The first kappa shape index (κ1) is 16.5. The second-order valence-electron chi connectivity index (χ2n) is 3.42. The Kier molecular flexibility index (Phi) is 10.4. The minimum Gasteiger partial charge on any atom is -0.396 e. The first-order valence-electron chi connectivity index (χ1n) is 5.45. The van der Waals surface area contributed by atoms with Crippen molar-refractivity contribution in [2.24, 2.45) is 0 Å². The van der Waals surface area contributed by atoms with E-state index in [2.05, 4.69) is 19.1 Å². The first-order valence-corrected chi connectivity index (χ1v) is 6.50. The topological polar surface area (TPSA) is 20.2 Å². The van der Waals surface area contributed by atoms with Gasteiger partial charge in [-0.3, -0.25) is 0 Å². The Morgan fingerprint density at radius 3 is 2.18 bits per heavy atom. The van der Waals surface area contributed by atoms with Gasteiger partial charge in [0.1, 0.15) is 0 Å². The van der Waals surface area contributed by atoms with E-state index in [0.29, 0.717) is 5.25 Å². The van der Waals surface area contributed by atoms with E-state index in [-0.39, 0.29) is 23.7 Å². The average Bonchev–Trinajstić information content (AvgIpc) is 2.98. The second kappa shape index (κ2) is 10.7. The second-order valence-corrected chi connectivity index (χ2v) is 4.87. The number of thioether (sulfide) groups is 1. The average molecular weight is 290 g/mol. The summed E-state index contributed by atoms with van der Waals surface area (Å²) in [6.45, 7) is 2.44. The molecule has 1 nitrogen and oxygen atoms in total. The summed E-state index contributed by atoms with van der Waals surface area (Å²) in [5.41, 5.74) is 1.35. The third kappa shape index (κ3) is 7.45. The maximum atomic E-state index is 8.59. The molecule has 0 fully saturated rings. The molecule has 1 atom stereocenters. The van der Waals surface area contributed by atoms with Crippen LogP contribution in [0.15, 0.2) is 54.6 Å². The van der Waals surface area contributed by atoms with Crippen molar-refractivity contribution in [1.82, 2.24) is 0 Å². The van der Waals surface area contributed by atoms with Gasteiger partial charge in [0.05, 0.1) is 6.61 Å². The Bertz CT molecular complexity index is 312. The molecule has 0 unspecified atom stereocenters. The van der Waals surface area contributed by atoms with E-state index in [9.17, 15) is 0 Å². The largest absolute Gasteiger partial charge is 2.00 e. The van der Waals surface area contributed by atoms with Crippen LogP contribution in [0.2, 0.25) is 0 Å². The van der Waals surface area contributed by atoms with Crippen LogP contribution in [0, 0.1) is 0 Å². The molecule has 0 saturated heterocycles. The quantitative estimate of drug-likeness (QED) is 0.686. The predicted molar refractivity (Wildman–Crippen MR) is 72.0 cm³/mol. The van der Waals surface area contributed by atoms with Gasteiger partial charge in [-0.25, -0.2) is 24.3 Å². The zero-order valence-electron chi connectivity index (χ0n) is 9.90. The van der Waals surface area contributed by atoms with Gasteiger partial charge in [-0.2, -0.15) is 42.1 Å². The molecule has 0 bridgehead atoms. The molecule has 2 aromatic carbocycles. The van der Waals surface area contributed by atoms with E-state index >= 15 is 0 Å². The van der Waals surface area contributed by atoms with E-state index in [0.717, 1.165) is 5.75 Å². The van der Waals surface area contributed by atoms with Gasteiger partial charge in [-0.1, -0.05) is 6.92 Å². The smallest absolute Gasteiger partial charge is 0.396 e. The van der Waals surface area contributed by atoms with E-state index in [1.165, 1.54) is 5.56 Å². The van der Waals surface area contributed by atoms with E-state index in [4.69, 9.17) is 5.11 Å². The molecular formula is C14H18FeOS. The van der Waals surface area contributed by atoms with Crippen LogP contribution in [-0.2, 0) is 17.1 Å². The predicted octanol–water partition coefficient (Wildman–Crippen LogP) is 3.60. The van der Waals surface area contributed by atoms with Crippen molar-refractivity contribution in [2.45, 2.75) is 12.2 Å². The maximum absolute atomic E-state index is 8.59. The van der Waals surface area contributed by atoms with Crippen molar-refractivity contribution in [3.8, 4) is 0 Å². The summed E-state index contributed by atoms with van der Waals surface area (Å²) in [5.74, 6) is 0.826. The molecule has 3 heteroatoms. The molecule has 1 N–H and O–H groups in total. The van der Waals surface area contributed by atoms with Crippen LogP contribution in [0.4, 0.5) is 0 Å². The van der Waals surface area contributed by atoms with Crippen LogP contribution in [0.3, 0.4) is 0 Å². The summed E-state index contributed by atoms with van der Waals surface area (Å²) < 4.78 is 0. The van der Waals surface area contributed by atoms with E-state index in [1.54, 1.807) is 11.8 Å². The third-order valence-corrected chi connectivity index (χ3v) is 3.36. The molecule has 94 valence electrons. The monoisotopic (exact) mass is 290 g/mol. The van der Waals surface area contributed by atoms with E-state index < -0.39 is 0 Å². The van der Waals surface area contributed by atoms with Gasteiger partial charge in [0.2, 0.25) is 0 Å². The van der Waals surface area contributed by atoms with Crippen LogP contribution in [0.25, 0.3) is 0 Å². The molecule has 17 heavy (non-hydrogen) atoms. The summed E-state index contributed by atoms with van der Waals surface area (Å²) in [6.07, 6.45) is 0. The van der Waals surface area contributed by atoms with E-state index in [1.807, 2.05) is 42.5 Å². The zero-order chi connectivity index (χ0) is 11.6. The van der Waals surface area contributed by atoms with Crippen LogP contribution < -0.4 is 0 Å². The summed E-state index contributed by atoms with van der Waals surface area (Å²) >= 11 is 1.78. The molecule has 0 saturated carbocycles. The van der Waals surface area contributed by atoms with Gasteiger partial charge in [-0.05, 0) is 5.25 Å². The molecule has 0 heterocycles. The van der Waals surface area contributed by atoms with Gasteiger partial charge in [0.25, 0.3) is 0 Å². The number of hydrogen-bond acceptors (Lipinski definition) is 2. The van der Waals surface area contributed by atoms with Crippen LogP contribution in [0.1, 0.15) is 17.7 Å². The fraction of sp³-hybridized carbons (Fsp3) is 0.286. The standard InChI is InChI=1S/C9H13OS.C5H5.Fe/c1-8(11-7-6-10)9-4-2-3-5-9;1-2-4-5-3-1;/h2-5,8,10H,6-7H2,1H3;1-5H;/q2*-1;+2/t8-;;/m0../s1. The van der Waals surface area contributed by atoms with Crippen molar-refractivity contribution in [3.63, 3.8) is 0 Å². The molecule has 0 amide bonds. The summed E-state index contributed by atoms with van der Waals surface area (Å²) in [5, 5.41) is 9.10. The van der Waals surface area contributed by atoms with Crippen molar-refractivity contribution in [3.05, 3.63) is 60.2 Å². The van der Waals surface area contributed by atoms with Crippen LogP contribution >= 0.6 is 11.8 Å². The summed E-state index contributed by atoms with van der Waals surface area (Å²) in [7, 11) is 0. The fourth-order valence-corrected chi connectivity index (χ4v) is 2.11.